The van der Waals surface area contributed by atoms with Gasteiger partial charge in [-0.25, -0.2) is 4.68 Å². The number of aryl methyl sites for hydroxylation is 3. The Kier molecular flexibility index (Phi) is 5.68. The Morgan fingerprint density at radius 2 is 1.86 bits per heavy atom. The van der Waals surface area contributed by atoms with Crippen molar-refractivity contribution in [3.63, 3.8) is 0 Å². The lowest BCUT2D eigenvalue weighted by molar-refractivity contribution is -0.121. The van der Waals surface area contributed by atoms with E-state index in [-0.39, 0.29) is 11.9 Å². The van der Waals surface area contributed by atoms with Crippen LogP contribution in [0.1, 0.15) is 53.2 Å². The van der Waals surface area contributed by atoms with E-state index >= 15 is 0 Å². The van der Waals surface area contributed by atoms with Gasteiger partial charge in [0.25, 0.3) is 0 Å². The molecule has 0 bridgehead atoms. The highest BCUT2D eigenvalue weighted by Gasteiger charge is 2.18. The van der Waals surface area contributed by atoms with Gasteiger partial charge in [0, 0.05) is 30.4 Å². The Labute approximate surface area is 166 Å². The third-order valence-electron chi connectivity index (χ3n) is 5.50. The summed E-state index contributed by atoms with van der Waals surface area (Å²) in [6.45, 7) is 10.2. The fourth-order valence-electron chi connectivity index (χ4n) is 3.70. The molecule has 2 aromatic heterocycles. The van der Waals surface area contributed by atoms with Gasteiger partial charge in [-0.1, -0.05) is 18.2 Å². The molecule has 6 heteroatoms. The first-order valence-electron chi connectivity index (χ1n) is 9.68. The van der Waals surface area contributed by atoms with Crippen molar-refractivity contribution in [2.75, 3.05) is 0 Å². The normalized spacial score (nSPS) is 12.2. The van der Waals surface area contributed by atoms with Crippen molar-refractivity contribution in [1.29, 1.82) is 0 Å². The minimum Gasteiger partial charge on any atom is -0.349 e. The minimum absolute atomic E-state index is 0.0400. The molecule has 1 aromatic carbocycles. The number of carbonyl (C=O) groups is 1. The summed E-state index contributed by atoms with van der Waals surface area (Å²) in [5.41, 5.74) is 7.58. The molecule has 0 saturated carbocycles. The summed E-state index contributed by atoms with van der Waals surface area (Å²) in [6.07, 6.45) is 3.00. The molecule has 148 valence electrons. The van der Waals surface area contributed by atoms with Gasteiger partial charge in [0.2, 0.25) is 5.91 Å². The minimum atomic E-state index is -0.0960. The van der Waals surface area contributed by atoms with Crippen LogP contribution in [0.5, 0.6) is 0 Å². The van der Waals surface area contributed by atoms with Gasteiger partial charge < -0.3 is 5.32 Å². The molecule has 28 heavy (non-hydrogen) atoms. The number of hydrogen-bond donors (Lipinski definition) is 1. The zero-order valence-corrected chi connectivity index (χ0v) is 17.6. The summed E-state index contributed by atoms with van der Waals surface area (Å²) < 4.78 is 3.81. The van der Waals surface area contributed by atoms with Crippen molar-refractivity contribution < 1.29 is 4.79 Å². The lowest BCUT2D eigenvalue weighted by Crippen LogP contribution is -2.27. The SMILES string of the molecule is Cc1ccccc1-n1ncc(C(C)NC(=O)CCc2c(C)nn(C)c2C)c1C. The monoisotopic (exact) mass is 379 g/mol. The predicted octanol–water partition coefficient (Wildman–Crippen LogP) is 3.65. The Morgan fingerprint density at radius 1 is 1.14 bits per heavy atom. The molecule has 1 amide bonds. The molecule has 0 radical (unpaired) electrons. The summed E-state index contributed by atoms with van der Waals surface area (Å²) in [5.74, 6) is 0.0400. The second kappa shape index (κ2) is 8.00. The molecule has 0 spiro atoms. The van der Waals surface area contributed by atoms with Crippen LogP contribution in [-0.4, -0.2) is 25.5 Å². The van der Waals surface area contributed by atoms with E-state index in [9.17, 15) is 4.79 Å². The Hall–Kier alpha value is -2.89. The quantitative estimate of drug-likeness (QED) is 0.711. The largest absolute Gasteiger partial charge is 0.349 e. The van der Waals surface area contributed by atoms with Gasteiger partial charge in [-0.05, 0) is 58.2 Å². The number of carbonyl (C=O) groups excluding carboxylic acids is 1. The molecule has 0 aliphatic carbocycles. The van der Waals surface area contributed by atoms with Crippen LogP contribution in [-0.2, 0) is 18.3 Å². The van der Waals surface area contributed by atoms with E-state index < -0.39 is 0 Å². The number of hydrogen-bond acceptors (Lipinski definition) is 3. The fraction of sp³-hybridized carbons (Fsp3) is 0.409. The number of rotatable bonds is 6. The molecular formula is C22H29N5O. The Morgan fingerprint density at radius 3 is 2.50 bits per heavy atom. The van der Waals surface area contributed by atoms with Gasteiger partial charge in [0.05, 0.1) is 23.6 Å². The standard InChI is InChI=1S/C22H29N5O/c1-14-9-7-8-10-21(14)27-18(5)20(13-23-27)15(2)24-22(28)12-11-19-16(3)25-26(6)17(19)4/h7-10,13,15H,11-12H2,1-6H3,(H,24,28). The molecule has 6 nitrogen and oxygen atoms in total. The van der Waals surface area contributed by atoms with Crippen molar-refractivity contribution in [1.82, 2.24) is 24.9 Å². The summed E-state index contributed by atoms with van der Waals surface area (Å²) in [4.78, 5) is 12.5. The number of benzene rings is 1. The van der Waals surface area contributed by atoms with Gasteiger partial charge >= 0.3 is 0 Å². The fourth-order valence-corrected chi connectivity index (χ4v) is 3.70. The third kappa shape index (κ3) is 3.86. The Balaban J connectivity index is 1.67. The molecule has 0 aliphatic heterocycles. The maximum atomic E-state index is 12.5. The highest BCUT2D eigenvalue weighted by molar-refractivity contribution is 5.76. The van der Waals surface area contributed by atoms with E-state index in [1.54, 1.807) is 0 Å². The molecule has 3 aromatic rings. The van der Waals surface area contributed by atoms with E-state index in [4.69, 9.17) is 0 Å². The molecule has 1 atom stereocenters. The van der Waals surface area contributed by atoms with Crippen LogP contribution in [0.2, 0.25) is 0 Å². The van der Waals surface area contributed by atoms with Crippen molar-refractivity contribution in [3.8, 4) is 5.69 Å². The third-order valence-corrected chi connectivity index (χ3v) is 5.50. The maximum absolute atomic E-state index is 12.5. The highest BCUT2D eigenvalue weighted by atomic mass is 16.1. The van der Waals surface area contributed by atoms with Crippen molar-refractivity contribution in [2.24, 2.45) is 7.05 Å². The predicted molar refractivity (Wildman–Crippen MR) is 111 cm³/mol. The second-order valence-corrected chi connectivity index (χ2v) is 7.45. The average molecular weight is 380 g/mol. The van der Waals surface area contributed by atoms with Gasteiger partial charge in [-0.2, -0.15) is 10.2 Å². The van der Waals surface area contributed by atoms with E-state index in [1.807, 2.05) is 62.4 Å². The molecule has 0 fully saturated rings. The van der Waals surface area contributed by atoms with E-state index in [0.717, 1.165) is 33.9 Å². The molecule has 3 rings (SSSR count). The first-order valence-corrected chi connectivity index (χ1v) is 9.68. The summed E-state index contributed by atoms with van der Waals surface area (Å²) in [7, 11) is 1.93. The van der Waals surface area contributed by atoms with Crippen LogP contribution < -0.4 is 5.32 Å². The van der Waals surface area contributed by atoms with Gasteiger partial charge in [0.15, 0.2) is 0 Å². The molecule has 0 saturated heterocycles. The number of nitrogens with one attached hydrogen (secondary N) is 1. The number of amides is 1. The molecule has 0 aliphatic rings. The summed E-state index contributed by atoms with van der Waals surface area (Å²) in [5, 5.41) is 12.1. The van der Waals surface area contributed by atoms with Gasteiger partial charge in [-0.15, -0.1) is 0 Å². The van der Waals surface area contributed by atoms with Crippen molar-refractivity contribution >= 4 is 5.91 Å². The van der Waals surface area contributed by atoms with Crippen LogP contribution in [0.4, 0.5) is 0 Å². The van der Waals surface area contributed by atoms with Gasteiger partial charge in [0.1, 0.15) is 0 Å². The lowest BCUT2D eigenvalue weighted by Gasteiger charge is -2.15. The zero-order valence-electron chi connectivity index (χ0n) is 17.6. The molecule has 2 heterocycles. The van der Waals surface area contributed by atoms with Crippen molar-refractivity contribution in [2.45, 2.75) is 53.5 Å². The van der Waals surface area contributed by atoms with E-state index in [1.165, 1.54) is 5.56 Å². The van der Waals surface area contributed by atoms with Crippen LogP contribution >= 0.6 is 0 Å². The smallest absolute Gasteiger partial charge is 0.220 e. The topological polar surface area (TPSA) is 64.7 Å². The number of aromatic nitrogens is 4. The van der Waals surface area contributed by atoms with Crippen LogP contribution in [0.15, 0.2) is 30.5 Å². The van der Waals surface area contributed by atoms with Crippen LogP contribution in [0.3, 0.4) is 0 Å². The summed E-state index contributed by atoms with van der Waals surface area (Å²) in [6, 6.07) is 8.07. The molecular weight excluding hydrogens is 350 g/mol. The number of nitrogens with zero attached hydrogens (tertiary/aromatic N) is 4. The number of para-hydroxylation sites is 1. The van der Waals surface area contributed by atoms with E-state index in [0.29, 0.717) is 12.8 Å². The zero-order chi connectivity index (χ0) is 20.4. The molecule has 1 unspecified atom stereocenters. The average Bonchev–Trinajstić information content (AvgIpc) is 3.13. The van der Waals surface area contributed by atoms with E-state index in [2.05, 4.69) is 34.6 Å². The Bertz CT molecular complexity index is 999. The highest BCUT2D eigenvalue weighted by Crippen LogP contribution is 2.22. The maximum Gasteiger partial charge on any atom is 0.220 e. The lowest BCUT2D eigenvalue weighted by atomic mass is 10.1. The van der Waals surface area contributed by atoms with Crippen LogP contribution in [0.25, 0.3) is 5.69 Å². The first kappa shape index (κ1) is 19.9. The van der Waals surface area contributed by atoms with Crippen LogP contribution in [0, 0.1) is 27.7 Å². The molecule has 1 N–H and O–H groups in total. The first-order chi connectivity index (χ1) is 13.3. The van der Waals surface area contributed by atoms with Gasteiger partial charge in [-0.3, -0.25) is 9.48 Å². The second-order valence-electron chi connectivity index (χ2n) is 7.45. The summed E-state index contributed by atoms with van der Waals surface area (Å²) >= 11 is 0. The van der Waals surface area contributed by atoms with Crippen molar-refractivity contribution in [3.05, 3.63) is 64.2 Å².